The molecular formula is C11H10N2O3. The zero-order chi connectivity index (χ0) is 11.8. The highest BCUT2D eigenvalue weighted by Crippen LogP contribution is 1.92. The van der Waals surface area contributed by atoms with Crippen LogP contribution in [0.4, 0.5) is 0 Å². The molecule has 1 aromatic rings. The highest BCUT2D eigenvalue weighted by Gasteiger charge is 1.93. The molecule has 0 aromatic heterocycles. The van der Waals surface area contributed by atoms with Gasteiger partial charge in [0.2, 0.25) is 0 Å². The fourth-order valence-electron chi connectivity index (χ4n) is 0.894. The second kappa shape index (κ2) is 6.13. The van der Waals surface area contributed by atoms with Gasteiger partial charge < -0.3 is 5.11 Å². The van der Waals surface area contributed by atoms with Crippen molar-refractivity contribution < 1.29 is 14.7 Å². The topological polar surface area (TPSA) is 78.8 Å². The number of carbonyl (C=O) groups excluding carboxylic acids is 1. The minimum atomic E-state index is -1.18. The molecule has 0 unspecified atom stereocenters. The number of nitrogens with zero attached hydrogens (tertiary/aromatic N) is 1. The van der Waals surface area contributed by atoms with E-state index in [1.54, 1.807) is 0 Å². The summed E-state index contributed by atoms with van der Waals surface area (Å²) in [5.74, 6) is -1.77. The van der Waals surface area contributed by atoms with Crippen molar-refractivity contribution >= 4 is 18.1 Å². The number of hydrogen-bond acceptors (Lipinski definition) is 3. The lowest BCUT2D eigenvalue weighted by atomic mass is 10.2. The molecule has 0 heterocycles. The molecule has 0 aliphatic carbocycles. The molecule has 1 rings (SSSR count). The molecule has 0 atom stereocenters. The number of aliphatic carboxylic acids is 1. The lowest BCUT2D eigenvalue weighted by molar-refractivity contribution is -0.131. The molecule has 0 bridgehead atoms. The molecule has 82 valence electrons. The maximum Gasteiger partial charge on any atom is 0.328 e. The van der Waals surface area contributed by atoms with Crippen molar-refractivity contribution in [2.75, 3.05) is 0 Å². The Morgan fingerprint density at radius 1 is 1.19 bits per heavy atom. The number of carbonyl (C=O) groups is 2. The van der Waals surface area contributed by atoms with E-state index in [0.29, 0.717) is 0 Å². The number of rotatable bonds is 4. The first kappa shape index (κ1) is 11.6. The van der Waals surface area contributed by atoms with E-state index in [2.05, 4.69) is 10.5 Å². The molecular weight excluding hydrogens is 208 g/mol. The van der Waals surface area contributed by atoms with Crippen molar-refractivity contribution in [1.29, 1.82) is 0 Å². The first-order valence-electron chi connectivity index (χ1n) is 4.47. The zero-order valence-corrected chi connectivity index (χ0v) is 8.33. The standard InChI is InChI=1S/C11H10N2O3/c14-10(6-7-11(15)16)13-12-8-9-4-2-1-3-5-9/h1-8H,(H,13,14)(H,15,16)/b7-6+,12-8+. The number of carboxylic acids is 1. The Bertz CT molecular complexity index is 424. The Kier molecular flexibility index (Phi) is 4.46. The van der Waals surface area contributed by atoms with Gasteiger partial charge in [0.25, 0.3) is 5.91 Å². The van der Waals surface area contributed by atoms with E-state index in [1.165, 1.54) is 6.21 Å². The van der Waals surface area contributed by atoms with Crippen LogP contribution in [0.3, 0.4) is 0 Å². The molecule has 0 fully saturated rings. The molecule has 0 saturated heterocycles. The lowest BCUT2D eigenvalue weighted by Gasteiger charge is -1.92. The smallest absolute Gasteiger partial charge is 0.328 e. The third-order valence-corrected chi connectivity index (χ3v) is 1.57. The fraction of sp³-hybridized carbons (Fsp3) is 0. The van der Waals surface area contributed by atoms with E-state index in [1.807, 2.05) is 30.3 Å². The van der Waals surface area contributed by atoms with E-state index >= 15 is 0 Å². The number of carboxylic acid groups (broad SMARTS) is 1. The predicted octanol–water partition coefficient (Wildman–Crippen LogP) is 0.777. The molecule has 1 amide bonds. The summed E-state index contributed by atoms with van der Waals surface area (Å²) in [4.78, 5) is 21.1. The second-order valence-corrected chi connectivity index (χ2v) is 2.82. The molecule has 2 N–H and O–H groups in total. The van der Waals surface area contributed by atoms with Crippen LogP contribution in [0.5, 0.6) is 0 Å². The average Bonchev–Trinajstić information content (AvgIpc) is 2.28. The van der Waals surface area contributed by atoms with Gasteiger partial charge in [0.1, 0.15) is 0 Å². The first-order chi connectivity index (χ1) is 7.68. The number of hydrogen-bond donors (Lipinski definition) is 2. The van der Waals surface area contributed by atoms with Gasteiger partial charge in [0, 0.05) is 12.2 Å². The van der Waals surface area contributed by atoms with Gasteiger partial charge >= 0.3 is 5.97 Å². The van der Waals surface area contributed by atoms with E-state index in [4.69, 9.17) is 5.11 Å². The highest BCUT2D eigenvalue weighted by molar-refractivity contribution is 5.94. The van der Waals surface area contributed by atoms with Crippen molar-refractivity contribution in [3.8, 4) is 0 Å². The van der Waals surface area contributed by atoms with Gasteiger partial charge in [-0.25, -0.2) is 10.2 Å². The summed E-state index contributed by atoms with van der Waals surface area (Å²) in [5.41, 5.74) is 3.00. The molecule has 5 heteroatoms. The molecule has 0 saturated carbocycles. The van der Waals surface area contributed by atoms with E-state index in [9.17, 15) is 9.59 Å². The van der Waals surface area contributed by atoms with Crippen molar-refractivity contribution in [3.63, 3.8) is 0 Å². The minimum Gasteiger partial charge on any atom is -0.478 e. The van der Waals surface area contributed by atoms with E-state index < -0.39 is 11.9 Å². The van der Waals surface area contributed by atoms with Crippen LogP contribution in [0, 0.1) is 0 Å². The average molecular weight is 218 g/mol. The van der Waals surface area contributed by atoms with Crippen LogP contribution in [0.25, 0.3) is 0 Å². The quantitative estimate of drug-likeness (QED) is 0.445. The maximum absolute atomic E-state index is 11.0. The monoisotopic (exact) mass is 218 g/mol. The molecule has 16 heavy (non-hydrogen) atoms. The highest BCUT2D eigenvalue weighted by atomic mass is 16.4. The molecule has 0 radical (unpaired) electrons. The van der Waals surface area contributed by atoms with Gasteiger partial charge in [-0.3, -0.25) is 4.79 Å². The zero-order valence-electron chi connectivity index (χ0n) is 8.33. The van der Waals surface area contributed by atoms with Crippen LogP contribution in [0.2, 0.25) is 0 Å². The Hall–Kier alpha value is -2.43. The maximum atomic E-state index is 11.0. The van der Waals surface area contributed by atoms with Crippen molar-refractivity contribution in [2.45, 2.75) is 0 Å². The minimum absolute atomic E-state index is 0.588. The third kappa shape index (κ3) is 4.71. The van der Waals surface area contributed by atoms with Gasteiger partial charge in [-0.05, 0) is 5.56 Å². The van der Waals surface area contributed by atoms with E-state index in [-0.39, 0.29) is 0 Å². The van der Waals surface area contributed by atoms with Gasteiger partial charge in [-0.2, -0.15) is 5.10 Å². The van der Waals surface area contributed by atoms with Crippen LogP contribution >= 0.6 is 0 Å². The number of hydrazone groups is 1. The van der Waals surface area contributed by atoms with Crippen LogP contribution in [0.1, 0.15) is 5.56 Å². The largest absolute Gasteiger partial charge is 0.478 e. The summed E-state index contributed by atoms with van der Waals surface area (Å²) in [6.07, 6.45) is 3.10. The van der Waals surface area contributed by atoms with Gasteiger partial charge in [0.15, 0.2) is 0 Å². The van der Waals surface area contributed by atoms with Crippen molar-refractivity contribution in [3.05, 3.63) is 48.0 Å². The SMILES string of the molecule is O=C(O)/C=C/C(=O)N/N=C/c1ccccc1. The Morgan fingerprint density at radius 3 is 2.50 bits per heavy atom. The molecule has 0 spiro atoms. The second-order valence-electron chi connectivity index (χ2n) is 2.82. The van der Waals surface area contributed by atoms with Crippen molar-refractivity contribution in [2.24, 2.45) is 5.10 Å². The predicted molar refractivity (Wildman–Crippen MR) is 59.0 cm³/mol. The normalized spacial score (nSPS) is 10.8. The summed E-state index contributed by atoms with van der Waals surface area (Å²) >= 11 is 0. The Labute approximate surface area is 92.1 Å². The molecule has 0 aliphatic rings. The van der Waals surface area contributed by atoms with Crippen LogP contribution in [-0.4, -0.2) is 23.2 Å². The molecule has 1 aromatic carbocycles. The van der Waals surface area contributed by atoms with Crippen molar-refractivity contribution in [1.82, 2.24) is 5.43 Å². The molecule has 5 nitrogen and oxygen atoms in total. The van der Waals surface area contributed by atoms with Crippen LogP contribution in [0.15, 0.2) is 47.6 Å². The van der Waals surface area contributed by atoms with Crippen LogP contribution in [-0.2, 0) is 9.59 Å². The van der Waals surface area contributed by atoms with Gasteiger partial charge in [-0.1, -0.05) is 30.3 Å². The number of benzene rings is 1. The summed E-state index contributed by atoms with van der Waals surface area (Å²) in [6, 6.07) is 9.19. The first-order valence-corrected chi connectivity index (χ1v) is 4.47. The Morgan fingerprint density at radius 2 is 1.88 bits per heavy atom. The van der Waals surface area contributed by atoms with Gasteiger partial charge in [0.05, 0.1) is 6.21 Å². The summed E-state index contributed by atoms with van der Waals surface area (Å²) in [5, 5.41) is 11.9. The molecule has 0 aliphatic heterocycles. The third-order valence-electron chi connectivity index (χ3n) is 1.57. The number of amides is 1. The van der Waals surface area contributed by atoms with Gasteiger partial charge in [-0.15, -0.1) is 0 Å². The fourth-order valence-corrected chi connectivity index (χ4v) is 0.894. The summed E-state index contributed by atoms with van der Waals surface area (Å²) in [7, 11) is 0. The van der Waals surface area contributed by atoms with Crippen LogP contribution < -0.4 is 5.43 Å². The summed E-state index contributed by atoms with van der Waals surface area (Å²) in [6.45, 7) is 0. The lowest BCUT2D eigenvalue weighted by Crippen LogP contribution is -2.14. The summed E-state index contributed by atoms with van der Waals surface area (Å²) < 4.78 is 0. The number of nitrogens with one attached hydrogen (secondary N) is 1. The van der Waals surface area contributed by atoms with E-state index in [0.717, 1.165) is 17.7 Å². The Balaban J connectivity index is 2.43.